The van der Waals surface area contributed by atoms with E-state index in [2.05, 4.69) is 76.5 Å². The molecular weight excluding hydrogens is 591 g/mol. The zero-order valence-electron chi connectivity index (χ0n) is 28.6. The summed E-state index contributed by atoms with van der Waals surface area (Å²) < 4.78 is 0. The van der Waals surface area contributed by atoms with Crippen molar-refractivity contribution in [1.29, 1.82) is 0 Å². The van der Waals surface area contributed by atoms with E-state index in [1.807, 2.05) is 0 Å². The predicted molar refractivity (Wildman–Crippen MR) is 190 cm³/mol. The minimum atomic E-state index is -0.526. The number of piperidine rings is 1. The van der Waals surface area contributed by atoms with Gasteiger partial charge in [0.2, 0.25) is 5.91 Å². The van der Waals surface area contributed by atoms with Crippen molar-refractivity contribution < 1.29 is 9.90 Å². The zero-order valence-corrected chi connectivity index (χ0v) is 29.4. The summed E-state index contributed by atoms with van der Waals surface area (Å²) in [5, 5.41) is 12.1. The van der Waals surface area contributed by atoms with Crippen LogP contribution >= 0.6 is 11.3 Å². The Kier molecular flexibility index (Phi) is 9.38. The van der Waals surface area contributed by atoms with Crippen molar-refractivity contribution in [2.75, 3.05) is 58.9 Å². The molecule has 7 nitrogen and oxygen atoms in total. The van der Waals surface area contributed by atoms with E-state index < -0.39 is 5.41 Å². The van der Waals surface area contributed by atoms with E-state index in [1.54, 1.807) is 11.3 Å². The number of likely N-dealkylation sites (tertiary alicyclic amines) is 1. The molecule has 0 spiro atoms. The van der Waals surface area contributed by atoms with Crippen molar-refractivity contribution >= 4 is 27.5 Å². The van der Waals surface area contributed by atoms with E-state index in [1.165, 1.54) is 88.0 Å². The Bertz CT molecular complexity index is 1490. The van der Waals surface area contributed by atoms with Gasteiger partial charge in [0.05, 0.1) is 17.2 Å². The largest absolute Gasteiger partial charge is 0.390 e. The van der Waals surface area contributed by atoms with Crippen molar-refractivity contribution in [2.24, 2.45) is 0 Å². The first-order valence-electron chi connectivity index (χ1n) is 18.1. The van der Waals surface area contributed by atoms with Crippen LogP contribution in [0.1, 0.15) is 80.4 Å². The highest BCUT2D eigenvalue weighted by molar-refractivity contribution is 7.19. The molecule has 4 aliphatic rings. The first kappa shape index (κ1) is 32.3. The van der Waals surface area contributed by atoms with Gasteiger partial charge in [-0.05, 0) is 115 Å². The van der Waals surface area contributed by atoms with Crippen LogP contribution in [0.5, 0.6) is 0 Å². The fourth-order valence-corrected chi connectivity index (χ4v) is 10.1. The fraction of sp³-hybridized carbons (Fsp3) is 0.658. The Balaban J connectivity index is 1.06. The van der Waals surface area contributed by atoms with Gasteiger partial charge in [0.1, 0.15) is 4.83 Å². The summed E-state index contributed by atoms with van der Waals surface area (Å²) in [4.78, 5) is 30.0. The van der Waals surface area contributed by atoms with Crippen molar-refractivity contribution in [3.05, 3.63) is 45.8 Å². The van der Waals surface area contributed by atoms with Gasteiger partial charge in [-0.15, -0.1) is 11.3 Å². The molecule has 1 aromatic carbocycles. The molecule has 2 aromatic heterocycles. The van der Waals surface area contributed by atoms with Crippen molar-refractivity contribution in [2.45, 2.75) is 103 Å². The molecule has 1 unspecified atom stereocenters. The highest BCUT2D eigenvalue weighted by atomic mass is 32.1. The first-order valence-corrected chi connectivity index (χ1v) is 18.9. The zero-order chi connectivity index (χ0) is 32.0. The lowest BCUT2D eigenvalue weighted by Crippen LogP contribution is -2.50. The number of aromatic nitrogens is 1. The minimum Gasteiger partial charge on any atom is -0.390 e. The van der Waals surface area contributed by atoms with E-state index in [-0.39, 0.29) is 6.10 Å². The third kappa shape index (κ3) is 6.57. The maximum atomic E-state index is 14.0. The maximum absolute atomic E-state index is 14.0. The molecule has 4 saturated heterocycles. The van der Waals surface area contributed by atoms with Gasteiger partial charge in [0, 0.05) is 68.2 Å². The number of aryl methyl sites for hydroxylation is 2. The van der Waals surface area contributed by atoms with Crippen LogP contribution in [0.15, 0.2) is 24.3 Å². The molecule has 3 aromatic rings. The van der Waals surface area contributed by atoms with E-state index in [4.69, 9.17) is 0 Å². The summed E-state index contributed by atoms with van der Waals surface area (Å²) >= 11 is 1.78. The van der Waals surface area contributed by atoms with Crippen LogP contribution in [-0.4, -0.2) is 113 Å². The number of rotatable bonds is 10. The lowest BCUT2D eigenvalue weighted by atomic mass is 9.88. The molecule has 0 saturated carbocycles. The standard InChI is InChI=1S/C38H55N5O2S/c1-26-20-27(2)22-28(21-26)35-32(12-15-40-16-18-42(19-17-40)25-31(44)24-41-13-6-5-7-14-41)33-23-34(46-36(33)39-35)38(3,4)37(45)43-29-8-9-30(43)11-10-29/h20-23,29-31,39,44H,5-19,24-25H2,1-4H3. The molecule has 4 aliphatic heterocycles. The highest BCUT2D eigenvalue weighted by Gasteiger charge is 2.47. The van der Waals surface area contributed by atoms with Gasteiger partial charge in [0.15, 0.2) is 0 Å². The van der Waals surface area contributed by atoms with E-state index in [0.717, 1.165) is 65.3 Å². The van der Waals surface area contributed by atoms with Gasteiger partial charge in [-0.3, -0.25) is 9.69 Å². The van der Waals surface area contributed by atoms with Crippen LogP contribution in [0.25, 0.3) is 21.5 Å². The van der Waals surface area contributed by atoms with Crippen LogP contribution in [0.4, 0.5) is 0 Å². The number of hydrogen-bond donors (Lipinski definition) is 2. The summed E-state index contributed by atoms with van der Waals surface area (Å²) in [6, 6.07) is 10.1. The van der Waals surface area contributed by atoms with Gasteiger partial charge in [0.25, 0.3) is 0 Å². The van der Waals surface area contributed by atoms with Crippen LogP contribution in [-0.2, 0) is 16.6 Å². The Labute approximate surface area is 279 Å². The van der Waals surface area contributed by atoms with E-state index in [0.29, 0.717) is 18.0 Å². The first-order chi connectivity index (χ1) is 22.2. The third-order valence-electron chi connectivity index (χ3n) is 11.5. The van der Waals surface area contributed by atoms with Gasteiger partial charge in [-0.1, -0.05) is 23.6 Å². The molecule has 46 heavy (non-hydrogen) atoms. The number of β-amino-alcohol motifs (C(OH)–C–C–N with tert-alkyl or cyclic N) is 1. The van der Waals surface area contributed by atoms with Gasteiger partial charge < -0.3 is 24.8 Å². The second-order valence-corrected chi connectivity index (χ2v) is 16.5. The van der Waals surface area contributed by atoms with E-state index in [9.17, 15) is 9.90 Å². The topological polar surface area (TPSA) is 66.0 Å². The minimum absolute atomic E-state index is 0.261. The molecular formula is C38H55N5O2S. The lowest BCUT2D eigenvalue weighted by molar-refractivity contribution is -0.137. The molecule has 0 radical (unpaired) electrons. The average molecular weight is 646 g/mol. The average Bonchev–Trinajstić information content (AvgIpc) is 3.81. The molecule has 6 heterocycles. The fourth-order valence-electron chi connectivity index (χ4n) is 8.90. The lowest BCUT2D eigenvalue weighted by Gasteiger charge is -2.36. The van der Waals surface area contributed by atoms with Crippen LogP contribution in [0.3, 0.4) is 0 Å². The quantitative estimate of drug-likeness (QED) is 0.285. The SMILES string of the molecule is Cc1cc(C)cc(-c2[nH]c3sc(C(C)(C)C(=O)N4C5CCC4CC5)cc3c2CCN2CCN(CC(O)CN3CCCCC3)CC2)c1. The second-order valence-electron chi connectivity index (χ2n) is 15.4. The number of H-pyrrole nitrogens is 1. The molecule has 8 heteroatoms. The number of nitrogens with one attached hydrogen (secondary N) is 1. The summed E-state index contributed by atoms with van der Waals surface area (Å²) in [5.41, 5.74) is 5.92. The molecule has 250 valence electrons. The smallest absolute Gasteiger partial charge is 0.233 e. The molecule has 4 fully saturated rings. The van der Waals surface area contributed by atoms with Crippen molar-refractivity contribution in [3.63, 3.8) is 0 Å². The monoisotopic (exact) mass is 645 g/mol. The number of hydrogen-bond acceptors (Lipinski definition) is 6. The Morgan fingerprint density at radius 2 is 1.46 bits per heavy atom. The molecule has 1 atom stereocenters. The van der Waals surface area contributed by atoms with Crippen LogP contribution in [0.2, 0.25) is 0 Å². The van der Waals surface area contributed by atoms with E-state index >= 15 is 0 Å². The highest BCUT2D eigenvalue weighted by Crippen LogP contribution is 2.44. The Morgan fingerprint density at radius 3 is 2.09 bits per heavy atom. The summed E-state index contributed by atoms with van der Waals surface area (Å²) in [6.45, 7) is 17.7. The van der Waals surface area contributed by atoms with Gasteiger partial charge >= 0.3 is 0 Å². The summed E-state index contributed by atoms with van der Waals surface area (Å²) in [7, 11) is 0. The number of carbonyl (C=O) groups excluding carboxylic acids is 1. The second kappa shape index (κ2) is 13.3. The third-order valence-corrected chi connectivity index (χ3v) is 12.8. The number of aromatic amines is 1. The number of fused-ring (bicyclic) bond motifs is 3. The van der Waals surface area contributed by atoms with Gasteiger partial charge in [-0.2, -0.15) is 0 Å². The number of carbonyl (C=O) groups is 1. The Morgan fingerprint density at radius 1 is 0.870 bits per heavy atom. The normalized spacial score (nSPS) is 24.0. The number of piperazine rings is 1. The number of thiophene rings is 1. The summed E-state index contributed by atoms with van der Waals surface area (Å²) in [5.74, 6) is 0.316. The predicted octanol–water partition coefficient (Wildman–Crippen LogP) is 5.95. The molecule has 7 rings (SSSR count). The van der Waals surface area contributed by atoms with Crippen LogP contribution < -0.4 is 0 Å². The number of amides is 1. The molecule has 0 aliphatic carbocycles. The summed E-state index contributed by atoms with van der Waals surface area (Å²) in [6.07, 6.45) is 9.29. The number of aliphatic hydroxyl groups is 1. The number of aliphatic hydroxyl groups excluding tert-OH is 1. The van der Waals surface area contributed by atoms with Crippen LogP contribution in [0, 0.1) is 13.8 Å². The number of benzene rings is 1. The van der Waals surface area contributed by atoms with Crippen molar-refractivity contribution in [3.8, 4) is 11.3 Å². The molecule has 1 amide bonds. The maximum Gasteiger partial charge on any atom is 0.233 e. The van der Waals surface area contributed by atoms with Crippen molar-refractivity contribution in [1.82, 2.24) is 24.6 Å². The van der Waals surface area contributed by atoms with Gasteiger partial charge in [-0.25, -0.2) is 0 Å². The number of nitrogens with zero attached hydrogens (tertiary/aromatic N) is 4. The molecule has 2 N–H and O–H groups in total. The Hall–Kier alpha value is -2.23. The molecule has 2 bridgehead atoms.